The molecule has 11 heteroatoms. The van der Waals surface area contributed by atoms with Crippen molar-refractivity contribution in [1.82, 2.24) is 0 Å². The molecule has 2 aliphatic heterocycles. The number of aliphatic hydroxyl groups excluding tert-OH is 1. The van der Waals surface area contributed by atoms with Gasteiger partial charge in [0.15, 0.2) is 11.5 Å². The van der Waals surface area contributed by atoms with Crippen LogP contribution >= 0.6 is 50.5 Å². The van der Waals surface area contributed by atoms with Gasteiger partial charge in [-0.1, -0.05) is 23.2 Å². The normalized spacial score (nSPS) is 16.0. The van der Waals surface area contributed by atoms with Gasteiger partial charge >= 0.3 is 0 Å². The standard InChI is InChI=1S/C25H25BrCl2N4O3S/c1-34-22-18(26)23(35-2)20(28)21(19(22)27)32-13-29-25(24-17(32)9-12-36-24)30-14-3-5-15(6-4-14)31-10-7-16(33)8-11-31/h3-6,9,12,16,33H,7-8,10-11,13H2,1-2H3,(H,29,30). The number of aliphatic imine (C=N–C) groups is 1. The fourth-order valence-corrected chi connectivity index (χ4v) is 7.08. The molecule has 1 aromatic heterocycles. The smallest absolute Gasteiger partial charge is 0.157 e. The second kappa shape index (κ2) is 10.7. The molecular weight excluding hydrogens is 587 g/mol. The number of nitrogens with one attached hydrogen (secondary N) is 1. The minimum atomic E-state index is -0.185. The van der Waals surface area contributed by atoms with E-state index in [1.165, 1.54) is 0 Å². The third-order valence-electron chi connectivity index (χ3n) is 6.37. The number of piperidine rings is 1. The number of halogens is 3. The largest absolute Gasteiger partial charge is 0.494 e. The van der Waals surface area contributed by atoms with Gasteiger partial charge in [-0.3, -0.25) is 0 Å². The molecule has 0 saturated carbocycles. The van der Waals surface area contributed by atoms with Crippen LogP contribution < -0.4 is 24.6 Å². The highest BCUT2D eigenvalue weighted by Gasteiger charge is 2.31. The molecule has 2 aliphatic rings. The van der Waals surface area contributed by atoms with Crippen molar-refractivity contribution >= 4 is 79.1 Å². The number of benzene rings is 2. The highest BCUT2D eigenvalue weighted by atomic mass is 79.9. The number of aliphatic hydroxyl groups is 1. The summed E-state index contributed by atoms with van der Waals surface area (Å²) in [5.41, 5.74) is 3.62. The van der Waals surface area contributed by atoms with Crippen molar-refractivity contribution in [1.29, 1.82) is 0 Å². The monoisotopic (exact) mass is 610 g/mol. The number of methoxy groups -OCH3 is 2. The summed E-state index contributed by atoms with van der Waals surface area (Å²) in [6.45, 7) is 2.05. The van der Waals surface area contributed by atoms with Gasteiger partial charge in [0.2, 0.25) is 0 Å². The number of fused-ring (bicyclic) bond motifs is 1. The van der Waals surface area contributed by atoms with Gasteiger partial charge in [-0.25, -0.2) is 4.99 Å². The van der Waals surface area contributed by atoms with Gasteiger partial charge in [0.1, 0.15) is 27.0 Å². The number of anilines is 4. The van der Waals surface area contributed by atoms with E-state index in [-0.39, 0.29) is 6.10 Å². The molecule has 1 fully saturated rings. The van der Waals surface area contributed by atoms with Crippen LogP contribution in [0.15, 0.2) is 45.2 Å². The lowest BCUT2D eigenvalue weighted by molar-refractivity contribution is 0.145. The lowest BCUT2D eigenvalue weighted by Gasteiger charge is -2.32. The van der Waals surface area contributed by atoms with Gasteiger partial charge in [0, 0.05) is 24.5 Å². The molecule has 1 saturated heterocycles. The van der Waals surface area contributed by atoms with E-state index in [0.29, 0.717) is 38.4 Å². The Labute approximate surface area is 232 Å². The Morgan fingerprint density at radius 3 is 2.31 bits per heavy atom. The van der Waals surface area contributed by atoms with Crippen LogP contribution in [0.2, 0.25) is 10.0 Å². The van der Waals surface area contributed by atoms with Crippen LogP contribution in [0.3, 0.4) is 0 Å². The van der Waals surface area contributed by atoms with Gasteiger partial charge < -0.3 is 29.7 Å². The van der Waals surface area contributed by atoms with Gasteiger partial charge in [-0.2, -0.15) is 0 Å². The third-order valence-corrected chi connectivity index (χ3v) is 8.70. The highest BCUT2D eigenvalue weighted by Crippen LogP contribution is 2.54. The lowest BCUT2D eigenvalue weighted by Crippen LogP contribution is -2.35. The first-order chi connectivity index (χ1) is 17.4. The van der Waals surface area contributed by atoms with E-state index in [0.717, 1.165) is 53.7 Å². The SMILES string of the molecule is COc1c(Cl)c(N2CN=C(Nc3ccc(N4CCC(O)CC4)cc3)c3sccc32)c(Cl)c(OC)c1Br. The molecule has 2 N–H and O–H groups in total. The Balaban J connectivity index is 1.41. The highest BCUT2D eigenvalue weighted by molar-refractivity contribution is 9.10. The van der Waals surface area contributed by atoms with Crippen molar-refractivity contribution in [3.05, 3.63) is 55.1 Å². The summed E-state index contributed by atoms with van der Waals surface area (Å²) in [6, 6.07) is 10.3. The molecule has 2 aromatic carbocycles. The van der Waals surface area contributed by atoms with E-state index >= 15 is 0 Å². The number of ether oxygens (including phenoxy) is 2. The van der Waals surface area contributed by atoms with Crippen molar-refractivity contribution in [2.45, 2.75) is 18.9 Å². The summed E-state index contributed by atoms with van der Waals surface area (Å²) in [5, 5.41) is 16.0. The van der Waals surface area contributed by atoms with Crippen LogP contribution in [0.4, 0.5) is 22.7 Å². The second-order valence-electron chi connectivity index (χ2n) is 8.46. The number of rotatable bonds is 5. The maximum Gasteiger partial charge on any atom is 0.157 e. The van der Waals surface area contributed by atoms with E-state index in [9.17, 15) is 5.11 Å². The van der Waals surface area contributed by atoms with E-state index in [4.69, 9.17) is 37.7 Å². The first-order valence-electron chi connectivity index (χ1n) is 11.4. The number of thiophene rings is 1. The molecule has 0 radical (unpaired) electrons. The number of amidine groups is 1. The van der Waals surface area contributed by atoms with E-state index < -0.39 is 0 Å². The zero-order valence-corrected chi connectivity index (χ0v) is 23.6. The predicted molar refractivity (Wildman–Crippen MR) is 153 cm³/mol. The molecule has 5 rings (SSSR count). The Morgan fingerprint density at radius 2 is 1.69 bits per heavy atom. The zero-order valence-electron chi connectivity index (χ0n) is 19.7. The molecular formula is C25H25BrCl2N4O3S. The fourth-order valence-electron chi connectivity index (χ4n) is 4.49. The van der Waals surface area contributed by atoms with Gasteiger partial charge in [0.05, 0.1) is 36.6 Å². The van der Waals surface area contributed by atoms with Crippen molar-refractivity contribution in [2.75, 3.05) is 49.1 Å². The van der Waals surface area contributed by atoms with Crippen LogP contribution in [-0.4, -0.2) is 51.0 Å². The summed E-state index contributed by atoms with van der Waals surface area (Å²) in [4.78, 5) is 10.1. The zero-order chi connectivity index (χ0) is 25.4. The van der Waals surface area contributed by atoms with E-state index in [1.54, 1.807) is 25.6 Å². The van der Waals surface area contributed by atoms with E-state index in [2.05, 4.69) is 50.4 Å². The van der Waals surface area contributed by atoms with Gasteiger partial charge in [0.25, 0.3) is 0 Å². The van der Waals surface area contributed by atoms with Crippen molar-refractivity contribution in [3.63, 3.8) is 0 Å². The molecule has 0 aliphatic carbocycles. The van der Waals surface area contributed by atoms with Gasteiger partial charge in [-0.05, 0) is 64.5 Å². The maximum atomic E-state index is 9.77. The third kappa shape index (κ3) is 4.63. The van der Waals surface area contributed by atoms with Crippen molar-refractivity contribution in [3.8, 4) is 11.5 Å². The molecule has 0 unspecified atom stereocenters. The number of nitrogens with zero attached hydrogens (tertiary/aromatic N) is 3. The molecule has 7 nitrogen and oxygen atoms in total. The Bertz CT molecular complexity index is 1260. The van der Waals surface area contributed by atoms with Crippen LogP contribution in [0.1, 0.15) is 17.7 Å². The summed E-state index contributed by atoms with van der Waals surface area (Å²) in [7, 11) is 3.10. The van der Waals surface area contributed by atoms with Crippen LogP contribution in [0.5, 0.6) is 11.5 Å². The van der Waals surface area contributed by atoms with Crippen LogP contribution in [0.25, 0.3) is 0 Å². The van der Waals surface area contributed by atoms with Crippen LogP contribution in [0, 0.1) is 0 Å². The predicted octanol–water partition coefficient (Wildman–Crippen LogP) is 6.76. The fraction of sp³-hybridized carbons (Fsp3) is 0.320. The van der Waals surface area contributed by atoms with Gasteiger partial charge in [-0.15, -0.1) is 11.3 Å². The molecule has 36 heavy (non-hydrogen) atoms. The average Bonchev–Trinajstić information content (AvgIpc) is 3.37. The molecule has 190 valence electrons. The quantitative estimate of drug-likeness (QED) is 0.332. The topological polar surface area (TPSA) is 69.6 Å². The van der Waals surface area contributed by atoms with Crippen molar-refractivity contribution in [2.24, 2.45) is 4.99 Å². The van der Waals surface area contributed by atoms with E-state index in [1.807, 2.05) is 16.3 Å². The number of hydrogen-bond acceptors (Lipinski definition) is 8. The Hall–Kier alpha value is -2.17. The summed E-state index contributed by atoms with van der Waals surface area (Å²) in [5.74, 6) is 1.68. The minimum absolute atomic E-state index is 0.185. The molecule has 0 bridgehead atoms. The summed E-state index contributed by atoms with van der Waals surface area (Å²) < 4.78 is 11.6. The first kappa shape index (κ1) is 25.5. The molecule has 3 aromatic rings. The van der Waals surface area contributed by atoms with Crippen LogP contribution in [-0.2, 0) is 0 Å². The second-order valence-corrected chi connectivity index (χ2v) is 10.9. The lowest BCUT2D eigenvalue weighted by atomic mass is 10.1. The average molecular weight is 612 g/mol. The maximum absolute atomic E-state index is 9.77. The molecule has 0 atom stereocenters. The summed E-state index contributed by atoms with van der Waals surface area (Å²) >= 11 is 18.6. The summed E-state index contributed by atoms with van der Waals surface area (Å²) in [6.07, 6.45) is 1.42. The van der Waals surface area contributed by atoms with Crippen molar-refractivity contribution < 1.29 is 14.6 Å². The minimum Gasteiger partial charge on any atom is -0.494 e. The first-order valence-corrected chi connectivity index (χ1v) is 13.8. The Morgan fingerprint density at radius 1 is 1.06 bits per heavy atom. The Kier molecular flexibility index (Phi) is 7.55. The number of hydrogen-bond donors (Lipinski definition) is 2. The molecule has 3 heterocycles. The molecule has 0 amide bonds. The molecule has 0 spiro atoms.